The Morgan fingerprint density at radius 1 is 1.36 bits per heavy atom. The fraction of sp³-hybridized carbons (Fsp3) is 0.438. The van der Waals surface area contributed by atoms with E-state index in [0.29, 0.717) is 43.9 Å². The van der Waals surface area contributed by atoms with Crippen molar-refractivity contribution in [2.75, 3.05) is 19.7 Å². The lowest BCUT2D eigenvalue weighted by Crippen LogP contribution is -2.56. The zero-order valence-electron chi connectivity index (χ0n) is 12.0. The third-order valence-electron chi connectivity index (χ3n) is 3.89. The highest BCUT2D eigenvalue weighted by molar-refractivity contribution is 5.79. The van der Waals surface area contributed by atoms with Crippen LogP contribution in [0.5, 0.6) is 5.75 Å². The molecule has 6 nitrogen and oxygen atoms in total. The molecule has 22 heavy (non-hydrogen) atoms. The molecule has 1 unspecified atom stereocenters. The molecule has 1 amide bonds. The first-order valence-electron chi connectivity index (χ1n) is 7.24. The molecule has 1 aromatic carbocycles. The molecule has 0 N–H and O–H groups in total. The van der Waals surface area contributed by atoms with Crippen LogP contribution in [0.25, 0.3) is 0 Å². The lowest BCUT2D eigenvalue weighted by molar-refractivity contribution is -0.141. The van der Waals surface area contributed by atoms with Crippen molar-refractivity contribution in [1.29, 1.82) is 5.26 Å². The van der Waals surface area contributed by atoms with E-state index in [2.05, 4.69) is 6.07 Å². The predicted molar refractivity (Wildman–Crippen MR) is 75.8 cm³/mol. The standard InChI is InChI=1S/C16H16N2O4/c17-7-11-1-3-13(4-2-11)22-14-8-18(9-14)15(19)5-12-6-16(20)21-10-12/h1-4,12,14H,5-6,8-10H2. The van der Waals surface area contributed by atoms with Crippen LogP contribution in [0, 0.1) is 17.2 Å². The Morgan fingerprint density at radius 3 is 2.68 bits per heavy atom. The minimum Gasteiger partial charge on any atom is -0.487 e. The number of nitrogens with zero attached hydrogens (tertiary/aromatic N) is 2. The van der Waals surface area contributed by atoms with E-state index >= 15 is 0 Å². The molecular weight excluding hydrogens is 284 g/mol. The highest BCUT2D eigenvalue weighted by Gasteiger charge is 2.35. The number of hydrogen-bond donors (Lipinski definition) is 0. The summed E-state index contributed by atoms with van der Waals surface area (Å²) in [4.78, 5) is 24.8. The van der Waals surface area contributed by atoms with Crippen molar-refractivity contribution < 1.29 is 19.1 Å². The van der Waals surface area contributed by atoms with Crippen LogP contribution < -0.4 is 4.74 Å². The first kappa shape index (κ1) is 14.4. The van der Waals surface area contributed by atoms with Gasteiger partial charge in [0.15, 0.2) is 0 Å². The van der Waals surface area contributed by atoms with E-state index in [-0.39, 0.29) is 23.9 Å². The molecule has 0 aliphatic carbocycles. The maximum Gasteiger partial charge on any atom is 0.306 e. The molecule has 0 aromatic heterocycles. The fourth-order valence-corrected chi connectivity index (χ4v) is 2.59. The van der Waals surface area contributed by atoms with Gasteiger partial charge in [0.1, 0.15) is 11.9 Å². The van der Waals surface area contributed by atoms with Gasteiger partial charge in [-0.3, -0.25) is 9.59 Å². The second-order valence-electron chi connectivity index (χ2n) is 5.63. The summed E-state index contributed by atoms with van der Waals surface area (Å²) in [5.41, 5.74) is 0.589. The summed E-state index contributed by atoms with van der Waals surface area (Å²) in [6.07, 6.45) is 0.679. The topological polar surface area (TPSA) is 79.6 Å². The monoisotopic (exact) mass is 300 g/mol. The maximum atomic E-state index is 12.0. The molecule has 0 radical (unpaired) electrons. The molecule has 2 heterocycles. The van der Waals surface area contributed by atoms with Crippen molar-refractivity contribution in [3.8, 4) is 11.8 Å². The lowest BCUT2D eigenvalue weighted by Gasteiger charge is -2.39. The number of benzene rings is 1. The van der Waals surface area contributed by atoms with Crippen LogP contribution in [0.2, 0.25) is 0 Å². The van der Waals surface area contributed by atoms with Gasteiger partial charge in [0, 0.05) is 12.3 Å². The third kappa shape index (κ3) is 3.19. The van der Waals surface area contributed by atoms with E-state index in [1.54, 1.807) is 29.2 Å². The average Bonchev–Trinajstić information content (AvgIpc) is 2.88. The molecule has 3 rings (SSSR count). The van der Waals surface area contributed by atoms with Gasteiger partial charge in [-0.2, -0.15) is 5.26 Å². The zero-order chi connectivity index (χ0) is 15.5. The van der Waals surface area contributed by atoms with Gasteiger partial charge < -0.3 is 14.4 Å². The van der Waals surface area contributed by atoms with E-state index in [1.165, 1.54) is 0 Å². The number of amides is 1. The van der Waals surface area contributed by atoms with E-state index in [9.17, 15) is 9.59 Å². The van der Waals surface area contributed by atoms with Gasteiger partial charge >= 0.3 is 5.97 Å². The number of hydrogen-bond acceptors (Lipinski definition) is 5. The van der Waals surface area contributed by atoms with Gasteiger partial charge in [0.25, 0.3) is 0 Å². The Hall–Kier alpha value is -2.55. The molecule has 0 bridgehead atoms. The van der Waals surface area contributed by atoms with Crippen LogP contribution in [0.1, 0.15) is 18.4 Å². The number of carbonyl (C=O) groups is 2. The SMILES string of the molecule is N#Cc1ccc(OC2CN(C(=O)CC3COC(=O)C3)C2)cc1. The van der Waals surface area contributed by atoms with Gasteiger partial charge in [-0.25, -0.2) is 0 Å². The van der Waals surface area contributed by atoms with Gasteiger partial charge in [-0.1, -0.05) is 0 Å². The Balaban J connectivity index is 1.42. The summed E-state index contributed by atoms with van der Waals surface area (Å²) in [5, 5.41) is 8.73. The summed E-state index contributed by atoms with van der Waals surface area (Å²) in [6.45, 7) is 1.46. The number of ether oxygens (including phenoxy) is 2. The van der Waals surface area contributed by atoms with Crippen molar-refractivity contribution in [1.82, 2.24) is 4.90 Å². The van der Waals surface area contributed by atoms with Crippen molar-refractivity contribution >= 4 is 11.9 Å². The number of rotatable bonds is 4. The number of esters is 1. The van der Waals surface area contributed by atoms with E-state index in [4.69, 9.17) is 14.7 Å². The van der Waals surface area contributed by atoms with Crippen LogP contribution >= 0.6 is 0 Å². The highest BCUT2D eigenvalue weighted by atomic mass is 16.5. The Bertz CT molecular complexity index is 614. The lowest BCUT2D eigenvalue weighted by atomic mass is 10.0. The van der Waals surface area contributed by atoms with Gasteiger partial charge in [-0.05, 0) is 24.3 Å². The first-order valence-corrected chi connectivity index (χ1v) is 7.24. The van der Waals surface area contributed by atoms with Crippen molar-refractivity contribution in [3.63, 3.8) is 0 Å². The molecule has 0 saturated carbocycles. The summed E-state index contributed by atoms with van der Waals surface area (Å²) in [7, 11) is 0. The van der Waals surface area contributed by atoms with Crippen LogP contribution in [0.3, 0.4) is 0 Å². The summed E-state index contributed by atoms with van der Waals surface area (Å²) in [5.74, 6) is 0.538. The molecule has 1 aromatic rings. The summed E-state index contributed by atoms with van der Waals surface area (Å²) < 4.78 is 10.6. The Morgan fingerprint density at radius 2 is 2.09 bits per heavy atom. The van der Waals surface area contributed by atoms with Crippen molar-refractivity contribution in [3.05, 3.63) is 29.8 Å². The number of cyclic esters (lactones) is 1. The average molecular weight is 300 g/mol. The van der Waals surface area contributed by atoms with Crippen molar-refractivity contribution in [2.45, 2.75) is 18.9 Å². The number of likely N-dealkylation sites (tertiary alicyclic amines) is 1. The van der Waals surface area contributed by atoms with Crippen LogP contribution in [0.15, 0.2) is 24.3 Å². The summed E-state index contributed by atoms with van der Waals surface area (Å²) in [6, 6.07) is 8.97. The van der Waals surface area contributed by atoms with E-state index < -0.39 is 0 Å². The fourth-order valence-electron chi connectivity index (χ4n) is 2.59. The molecule has 2 fully saturated rings. The minimum absolute atomic E-state index is 0.0125. The molecule has 2 aliphatic heterocycles. The largest absolute Gasteiger partial charge is 0.487 e. The Kier molecular flexibility index (Phi) is 3.96. The third-order valence-corrected chi connectivity index (χ3v) is 3.89. The smallest absolute Gasteiger partial charge is 0.306 e. The van der Waals surface area contributed by atoms with Crippen LogP contribution in [-0.4, -0.2) is 42.6 Å². The molecule has 114 valence electrons. The second kappa shape index (κ2) is 6.06. The Labute approximate surface area is 128 Å². The summed E-state index contributed by atoms with van der Waals surface area (Å²) >= 11 is 0. The quantitative estimate of drug-likeness (QED) is 0.778. The van der Waals surface area contributed by atoms with Gasteiger partial charge in [-0.15, -0.1) is 0 Å². The predicted octanol–water partition coefficient (Wildman–Crippen LogP) is 1.10. The van der Waals surface area contributed by atoms with Gasteiger partial charge in [0.2, 0.25) is 5.91 Å². The molecule has 2 saturated heterocycles. The number of carbonyl (C=O) groups excluding carboxylic acids is 2. The highest BCUT2D eigenvalue weighted by Crippen LogP contribution is 2.23. The molecule has 2 aliphatic rings. The maximum absolute atomic E-state index is 12.0. The molecule has 0 spiro atoms. The first-order chi connectivity index (χ1) is 10.6. The zero-order valence-corrected chi connectivity index (χ0v) is 12.0. The van der Waals surface area contributed by atoms with E-state index in [0.717, 1.165) is 0 Å². The second-order valence-corrected chi connectivity index (χ2v) is 5.63. The minimum atomic E-state index is -0.219. The molecular formula is C16H16N2O4. The molecule has 1 atom stereocenters. The van der Waals surface area contributed by atoms with Crippen molar-refractivity contribution in [2.24, 2.45) is 5.92 Å². The van der Waals surface area contributed by atoms with E-state index in [1.807, 2.05) is 0 Å². The van der Waals surface area contributed by atoms with Gasteiger partial charge in [0.05, 0.1) is 37.7 Å². The van der Waals surface area contributed by atoms with Crippen LogP contribution in [0.4, 0.5) is 0 Å². The number of nitriles is 1. The molecule has 6 heteroatoms. The normalized spacial score (nSPS) is 21.0. The van der Waals surface area contributed by atoms with Crippen LogP contribution in [-0.2, 0) is 14.3 Å².